The SMILES string of the molecule is O=P([O-])([O-])F.O=P([O-])([O-])F.O=P([O-])([O-])F.O=P([O-])([O-])F.O=P([O-])([O-])F.O=P([O-])([O-])F.[Ag+].[Ag+].[Ag+].[Ag+].[Ag+].[Ag+].[Ag+].[Ag+].[Ag+].[Ag+].[Ag+].[Ag+]. The summed E-state index contributed by atoms with van der Waals surface area (Å²) in [7, 11) is -33.8. The van der Waals surface area contributed by atoms with E-state index in [-0.39, 0.29) is 269 Å². The zero-order valence-corrected chi connectivity index (χ0v) is 39.1. The minimum absolute atomic E-state index is 0. The standard InChI is InChI=1S/12Ag.6FH2O3P/c;;;;;;;;;;;;6*1-5(2,3)4/h;;;;;;;;;;;;6*(H2,2,3,4)/q12*+1;;;;;;/p-12. The van der Waals surface area contributed by atoms with E-state index in [1.54, 1.807) is 0 Å². The van der Waals surface area contributed by atoms with Crippen LogP contribution in [-0.4, -0.2) is 0 Å². The van der Waals surface area contributed by atoms with Gasteiger partial charge in [0.2, 0.25) is 0 Å². The zero-order valence-electron chi connectivity index (χ0n) is 15.9. The number of hydrogen-bond donors (Lipinski definition) is 0. The molecule has 0 amide bonds. The molecule has 0 aromatic heterocycles. The van der Waals surface area contributed by atoms with Gasteiger partial charge in [-0.3, -0.25) is 0 Å². The van der Waals surface area contributed by atoms with Gasteiger partial charge in [0.05, 0.1) is 0 Å². The molecular formula is Ag12F6O18P6. The van der Waals surface area contributed by atoms with E-state index in [0.29, 0.717) is 0 Å². The Morgan fingerprint density at radius 3 is 0.214 bits per heavy atom. The van der Waals surface area contributed by atoms with Crippen LogP contribution in [-0.2, 0) is 296 Å². The Morgan fingerprint density at radius 2 is 0.214 bits per heavy atom. The van der Waals surface area contributed by atoms with Crippen molar-refractivity contribution in [1.82, 2.24) is 0 Å². The third kappa shape index (κ3) is 1320. The smallest absolute Gasteiger partial charge is 0.786 e. The van der Waals surface area contributed by atoms with Crippen molar-refractivity contribution >= 4 is 47.4 Å². The van der Waals surface area contributed by atoms with Crippen LogP contribution in [0.4, 0.5) is 25.2 Å². The molecule has 0 atom stereocenters. The van der Waals surface area contributed by atoms with Crippen LogP contribution in [0.3, 0.4) is 0 Å². The fourth-order valence-electron chi connectivity index (χ4n) is 0. The average molecular weight is 1880 g/mol. The van der Waals surface area contributed by atoms with Crippen molar-refractivity contribution in [2.24, 2.45) is 0 Å². The fourth-order valence-corrected chi connectivity index (χ4v) is 0. The van der Waals surface area contributed by atoms with Crippen LogP contribution in [0.25, 0.3) is 0 Å². The van der Waals surface area contributed by atoms with E-state index in [0.717, 1.165) is 0 Å². The zero-order chi connectivity index (χ0) is 27.0. The van der Waals surface area contributed by atoms with Crippen molar-refractivity contribution in [3.63, 3.8) is 0 Å². The number of rotatable bonds is 0. The quantitative estimate of drug-likeness (QED) is 0.124. The van der Waals surface area contributed by atoms with E-state index >= 15 is 0 Å². The molecule has 0 aliphatic rings. The van der Waals surface area contributed by atoms with Crippen LogP contribution in [0.2, 0.25) is 0 Å². The minimum Gasteiger partial charge on any atom is -0.786 e. The van der Waals surface area contributed by atoms with Crippen molar-refractivity contribution < 1.29 is 380 Å². The van der Waals surface area contributed by atoms with Crippen LogP contribution in [0.1, 0.15) is 0 Å². The van der Waals surface area contributed by atoms with Gasteiger partial charge in [0.15, 0.2) is 0 Å². The summed E-state index contributed by atoms with van der Waals surface area (Å²) in [5.74, 6) is 0. The van der Waals surface area contributed by atoms with Crippen LogP contribution in [0.5, 0.6) is 0 Å². The predicted octanol–water partition coefficient (Wildman–Crippen LogP) is -7.32. The summed E-state index contributed by atoms with van der Waals surface area (Å²) in [6.45, 7) is 0. The monoisotopic (exact) mass is 1870 g/mol. The van der Waals surface area contributed by atoms with Gasteiger partial charge < -0.3 is 86.1 Å². The Labute approximate surface area is 419 Å². The van der Waals surface area contributed by atoms with Gasteiger partial charge in [-0.15, -0.1) is 0 Å². The van der Waals surface area contributed by atoms with Gasteiger partial charge in [-0.05, 0) is 0 Å². The van der Waals surface area contributed by atoms with E-state index in [1.165, 1.54) is 0 Å². The molecule has 0 rings (SSSR count). The summed E-state index contributed by atoms with van der Waals surface area (Å²) in [5, 5.41) is 0. The van der Waals surface area contributed by atoms with Gasteiger partial charge in [-0.25, -0.2) is 25.2 Å². The molecule has 42 heavy (non-hydrogen) atoms. The second kappa shape index (κ2) is 59.6. The Hall–Kier alpha value is 9.36. The summed E-state index contributed by atoms with van der Waals surface area (Å²) in [6, 6.07) is 0. The number of halogens is 6. The molecule has 18 nitrogen and oxygen atoms in total. The fraction of sp³-hybridized carbons (Fsp3) is 0. The van der Waals surface area contributed by atoms with Crippen molar-refractivity contribution in [3.8, 4) is 0 Å². The first-order valence-electron chi connectivity index (χ1n) is 4.30. The minimum atomic E-state index is -5.64. The van der Waals surface area contributed by atoms with Gasteiger partial charge >= 0.3 is 269 Å². The molecule has 0 fully saturated rings. The largest absolute Gasteiger partial charge is 1.00 e. The van der Waals surface area contributed by atoms with Crippen LogP contribution in [0.15, 0.2) is 0 Å². The van der Waals surface area contributed by atoms with Gasteiger partial charge in [-0.1, -0.05) is 0 Å². The molecule has 0 aromatic carbocycles. The van der Waals surface area contributed by atoms with Crippen molar-refractivity contribution in [2.45, 2.75) is 0 Å². The molecule has 0 saturated carbocycles. The average Bonchev–Trinajstić information content (AvgIpc) is 1.94. The van der Waals surface area contributed by atoms with E-state index in [1.807, 2.05) is 0 Å². The first-order valence-corrected chi connectivity index (χ1v) is 12.9. The third-order valence-electron chi connectivity index (χ3n) is 0. The molecule has 0 unspecified atom stereocenters. The molecule has 0 saturated heterocycles. The number of hydrogen-bond acceptors (Lipinski definition) is 18. The van der Waals surface area contributed by atoms with Gasteiger partial charge in [0.1, 0.15) is 47.4 Å². The first kappa shape index (κ1) is 117. The van der Waals surface area contributed by atoms with Crippen LogP contribution >= 0.6 is 47.4 Å². The molecule has 0 spiro atoms. The van der Waals surface area contributed by atoms with E-state index < -0.39 is 47.4 Å². The maximum atomic E-state index is 10.1. The molecule has 0 heterocycles. The molecule has 0 N–H and O–H groups in total. The van der Waals surface area contributed by atoms with Crippen molar-refractivity contribution in [2.75, 3.05) is 0 Å². The van der Waals surface area contributed by atoms with Crippen molar-refractivity contribution in [3.05, 3.63) is 0 Å². The summed E-state index contributed by atoms with van der Waals surface area (Å²) in [5.41, 5.74) is 0. The van der Waals surface area contributed by atoms with Gasteiger partial charge in [0.25, 0.3) is 0 Å². The summed E-state index contributed by atoms with van der Waals surface area (Å²) in [6.07, 6.45) is 0. The normalized spacial score (nSPS) is 8.43. The summed E-state index contributed by atoms with van der Waals surface area (Å²) >= 11 is 0. The molecular weight excluding hydrogens is 1880 g/mol. The maximum Gasteiger partial charge on any atom is 1.00 e. The molecule has 0 radical (unpaired) electrons. The van der Waals surface area contributed by atoms with Crippen molar-refractivity contribution in [1.29, 1.82) is 0 Å². The second-order valence-corrected chi connectivity index (χ2v) is 7.75. The maximum absolute atomic E-state index is 10.1. The Kier molecular flexibility index (Phi) is 166. The van der Waals surface area contributed by atoms with E-state index in [4.69, 9.17) is 86.1 Å². The first-order chi connectivity index (χ1) is 12.0. The van der Waals surface area contributed by atoms with Gasteiger partial charge in [-0.2, -0.15) is 0 Å². The molecule has 42 heteroatoms. The van der Waals surface area contributed by atoms with Crippen LogP contribution in [0, 0.1) is 0 Å². The molecule has 0 bridgehead atoms. The van der Waals surface area contributed by atoms with Crippen LogP contribution < -0.4 is 58.7 Å². The Balaban J connectivity index is -0.00000000973. The molecule has 0 aliphatic carbocycles. The Bertz CT molecular complexity index is 510. The topological polar surface area (TPSA) is 379 Å². The second-order valence-electron chi connectivity index (χ2n) is 2.58. The predicted molar refractivity (Wildman–Crippen MR) is 52.3 cm³/mol. The molecule has 312 valence electrons. The van der Waals surface area contributed by atoms with Gasteiger partial charge in [0, 0.05) is 0 Å². The molecule has 0 aromatic rings. The van der Waals surface area contributed by atoms with E-state index in [2.05, 4.69) is 0 Å². The third-order valence-corrected chi connectivity index (χ3v) is 0. The summed E-state index contributed by atoms with van der Waals surface area (Å²) < 4.78 is 111. The van der Waals surface area contributed by atoms with E-state index in [9.17, 15) is 25.2 Å². The Morgan fingerprint density at radius 1 is 0.214 bits per heavy atom. The molecule has 0 aliphatic heterocycles. The summed E-state index contributed by atoms with van der Waals surface area (Å²) in [4.78, 5) is 101.